The van der Waals surface area contributed by atoms with Crippen LogP contribution in [0, 0.1) is 0 Å². The molecule has 154 valence electrons. The molecule has 3 heterocycles. The van der Waals surface area contributed by atoms with Crippen molar-refractivity contribution >= 4 is 5.91 Å². The number of carbonyl (C=O) groups excluding carboxylic acids is 1. The third kappa shape index (κ3) is 4.67. The number of likely N-dealkylation sites (N-methyl/N-ethyl adjacent to an activating group) is 1. The molecule has 0 radical (unpaired) electrons. The Labute approximate surface area is 168 Å². The second-order valence-corrected chi connectivity index (χ2v) is 8.50. The first-order valence-electron chi connectivity index (χ1n) is 10.7. The number of ether oxygens (including phenoxy) is 2. The van der Waals surface area contributed by atoms with Gasteiger partial charge in [-0.05, 0) is 44.9 Å². The molecule has 0 N–H and O–H groups in total. The molecule has 6 nitrogen and oxygen atoms in total. The fourth-order valence-corrected chi connectivity index (χ4v) is 4.77. The summed E-state index contributed by atoms with van der Waals surface area (Å²) in [4.78, 5) is 19.5. The van der Waals surface area contributed by atoms with Crippen LogP contribution >= 0.6 is 0 Å². The standard InChI is InChI=1S/C22H33N3O3/c1-23-12-14-24(15-13-23)19-7-16-28-22(17-19)8-10-25(11-9-22)21(26)18-27-20-5-3-2-4-6-20/h2-6,19H,7-18H2,1H3. The largest absolute Gasteiger partial charge is 0.484 e. The van der Waals surface area contributed by atoms with Crippen molar-refractivity contribution in [2.45, 2.75) is 37.3 Å². The Balaban J connectivity index is 1.26. The molecular weight excluding hydrogens is 354 g/mol. The Morgan fingerprint density at radius 3 is 2.54 bits per heavy atom. The van der Waals surface area contributed by atoms with E-state index in [1.54, 1.807) is 0 Å². The van der Waals surface area contributed by atoms with Crippen molar-refractivity contribution in [1.82, 2.24) is 14.7 Å². The van der Waals surface area contributed by atoms with Crippen molar-refractivity contribution in [1.29, 1.82) is 0 Å². The number of piperidine rings is 1. The highest BCUT2D eigenvalue weighted by atomic mass is 16.5. The number of likely N-dealkylation sites (tertiary alicyclic amines) is 1. The van der Waals surface area contributed by atoms with Crippen molar-refractivity contribution in [3.8, 4) is 5.75 Å². The van der Waals surface area contributed by atoms with Gasteiger partial charge in [-0.1, -0.05) is 18.2 Å². The highest BCUT2D eigenvalue weighted by molar-refractivity contribution is 5.77. The monoisotopic (exact) mass is 387 g/mol. The summed E-state index contributed by atoms with van der Waals surface area (Å²) in [5.74, 6) is 0.820. The Morgan fingerprint density at radius 2 is 1.82 bits per heavy atom. The number of carbonyl (C=O) groups is 1. The Bertz CT molecular complexity index is 638. The van der Waals surface area contributed by atoms with Crippen LogP contribution in [0.25, 0.3) is 0 Å². The molecule has 1 atom stereocenters. The van der Waals surface area contributed by atoms with Crippen LogP contribution in [0.2, 0.25) is 0 Å². The molecule has 28 heavy (non-hydrogen) atoms. The third-order valence-corrected chi connectivity index (χ3v) is 6.65. The number of rotatable bonds is 4. The summed E-state index contributed by atoms with van der Waals surface area (Å²) in [5, 5.41) is 0. The van der Waals surface area contributed by atoms with E-state index in [9.17, 15) is 4.79 Å². The average Bonchev–Trinajstić information content (AvgIpc) is 2.74. The minimum Gasteiger partial charge on any atom is -0.484 e. The van der Waals surface area contributed by atoms with Gasteiger partial charge in [0.15, 0.2) is 6.61 Å². The molecule has 0 bridgehead atoms. The van der Waals surface area contributed by atoms with Crippen molar-refractivity contribution < 1.29 is 14.3 Å². The predicted octanol–water partition coefficient (Wildman–Crippen LogP) is 1.85. The summed E-state index contributed by atoms with van der Waals surface area (Å²) in [6.45, 7) is 7.15. The molecule has 3 fully saturated rings. The van der Waals surface area contributed by atoms with Crippen molar-refractivity contribution in [2.75, 3.05) is 59.5 Å². The van der Waals surface area contributed by atoms with E-state index in [4.69, 9.17) is 9.47 Å². The van der Waals surface area contributed by atoms with Crippen LogP contribution in [0.5, 0.6) is 5.75 Å². The molecule has 1 unspecified atom stereocenters. The summed E-state index contributed by atoms with van der Waals surface area (Å²) < 4.78 is 11.9. The molecule has 6 heteroatoms. The van der Waals surface area contributed by atoms with Gasteiger partial charge < -0.3 is 19.3 Å². The summed E-state index contributed by atoms with van der Waals surface area (Å²) in [5.41, 5.74) is -0.0384. The minimum atomic E-state index is -0.0384. The lowest BCUT2D eigenvalue weighted by atomic mass is 9.81. The molecule has 3 aliphatic rings. The second-order valence-electron chi connectivity index (χ2n) is 8.50. The van der Waals surface area contributed by atoms with Gasteiger partial charge in [0, 0.05) is 51.9 Å². The Hall–Kier alpha value is -1.63. The second kappa shape index (κ2) is 8.80. The van der Waals surface area contributed by atoms with Gasteiger partial charge in [-0.25, -0.2) is 0 Å². The van der Waals surface area contributed by atoms with Gasteiger partial charge in [-0.15, -0.1) is 0 Å². The van der Waals surface area contributed by atoms with Gasteiger partial charge >= 0.3 is 0 Å². The number of hydrogen-bond acceptors (Lipinski definition) is 5. The number of nitrogens with zero attached hydrogens (tertiary/aromatic N) is 3. The molecule has 4 rings (SSSR count). The maximum Gasteiger partial charge on any atom is 0.260 e. The van der Waals surface area contributed by atoms with Crippen LogP contribution in [0.4, 0.5) is 0 Å². The molecular formula is C22H33N3O3. The van der Waals surface area contributed by atoms with E-state index in [1.807, 2.05) is 35.2 Å². The molecule has 0 aromatic heterocycles. The Kier molecular flexibility index (Phi) is 6.19. The summed E-state index contributed by atoms with van der Waals surface area (Å²) in [6, 6.07) is 10.2. The Morgan fingerprint density at radius 1 is 1.11 bits per heavy atom. The fourth-order valence-electron chi connectivity index (χ4n) is 4.77. The first kappa shape index (κ1) is 19.7. The van der Waals surface area contributed by atoms with Crippen molar-refractivity contribution in [2.24, 2.45) is 0 Å². The fraction of sp³-hybridized carbons (Fsp3) is 0.682. The normalized spacial score (nSPS) is 26.3. The summed E-state index contributed by atoms with van der Waals surface area (Å²) in [7, 11) is 2.21. The lowest BCUT2D eigenvalue weighted by Crippen LogP contribution is -2.57. The van der Waals surface area contributed by atoms with Crippen molar-refractivity contribution in [3.63, 3.8) is 0 Å². The molecule has 1 aromatic rings. The van der Waals surface area contributed by atoms with Gasteiger partial charge in [0.2, 0.25) is 0 Å². The van der Waals surface area contributed by atoms with E-state index in [-0.39, 0.29) is 18.1 Å². The molecule has 0 aliphatic carbocycles. The van der Waals surface area contributed by atoms with E-state index in [0.29, 0.717) is 6.04 Å². The zero-order valence-corrected chi connectivity index (χ0v) is 17.0. The first-order valence-corrected chi connectivity index (χ1v) is 10.7. The van der Waals surface area contributed by atoms with Crippen LogP contribution < -0.4 is 4.74 Å². The van der Waals surface area contributed by atoms with E-state index in [0.717, 1.165) is 64.2 Å². The molecule has 1 aromatic carbocycles. The molecule has 3 aliphatic heterocycles. The summed E-state index contributed by atoms with van der Waals surface area (Å²) >= 11 is 0. The first-order chi connectivity index (χ1) is 13.6. The van der Waals surface area contributed by atoms with Gasteiger partial charge in [0.05, 0.1) is 5.60 Å². The average molecular weight is 388 g/mol. The quantitative estimate of drug-likeness (QED) is 0.789. The van der Waals surface area contributed by atoms with E-state index >= 15 is 0 Å². The molecule has 0 saturated carbocycles. The van der Waals surface area contributed by atoms with Crippen LogP contribution in [-0.2, 0) is 9.53 Å². The summed E-state index contributed by atoms with van der Waals surface area (Å²) in [6.07, 6.45) is 4.13. The minimum absolute atomic E-state index is 0.0384. The number of hydrogen-bond donors (Lipinski definition) is 0. The smallest absolute Gasteiger partial charge is 0.260 e. The number of amides is 1. The number of benzene rings is 1. The van der Waals surface area contributed by atoms with Crippen molar-refractivity contribution in [3.05, 3.63) is 30.3 Å². The predicted molar refractivity (Wildman–Crippen MR) is 109 cm³/mol. The maximum atomic E-state index is 12.5. The molecule has 1 spiro atoms. The zero-order valence-electron chi connectivity index (χ0n) is 17.0. The van der Waals surface area contributed by atoms with Gasteiger partial charge in [0.25, 0.3) is 5.91 Å². The van der Waals surface area contributed by atoms with Gasteiger partial charge in [0.1, 0.15) is 5.75 Å². The lowest BCUT2D eigenvalue weighted by Gasteiger charge is -2.49. The van der Waals surface area contributed by atoms with Gasteiger partial charge in [-0.2, -0.15) is 0 Å². The molecule has 1 amide bonds. The third-order valence-electron chi connectivity index (χ3n) is 6.65. The number of para-hydroxylation sites is 1. The highest BCUT2D eigenvalue weighted by Gasteiger charge is 2.42. The zero-order chi connectivity index (χ0) is 19.4. The van der Waals surface area contributed by atoms with Crippen LogP contribution in [0.3, 0.4) is 0 Å². The van der Waals surface area contributed by atoms with Crippen LogP contribution in [-0.4, -0.2) is 91.8 Å². The topological polar surface area (TPSA) is 45.2 Å². The number of piperazine rings is 1. The highest BCUT2D eigenvalue weighted by Crippen LogP contribution is 2.37. The molecule has 3 saturated heterocycles. The lowest BCUT2D eigenvalue weighted by molar-refractivity contribution is -0.151. The SMILES string of the molecule is CN1CCN(C2CCOC3(CCN(C(=O)COc4ccccc4)CC3)C2)CC1. The van der Waals surface area contributed by atoms with Crippen LogP contribution in [0.15, 0.2) is 30.3 Å². The van der Waals surface area contributed by atoms with Gasteiger partial charge in [-0.3, -0.25) is 9.69 Å². The van der Waals surface area contributed by atoms with E-state index in [2.05, 4.69) is 16.8 Å². The van der Waals surface area contributed by atoms with E-state index < -0.39 is 0 Å². The maximum absolute atomic E-state index is 12.5. The van der Waals surface area contributed by atoms with Crippen LogP contribution in [0.1, 0.15) is 25.7 Å². The van der Waals surface area contributed by atoms with E-state index in [1.165, 1.54) is 13.1 Å².